The molecule has 1 aliphatic rings. The predicted molar refractivity (Wildman–Crippen MR) is 87.7 cm³/mol. The molecule has 0 saturated carbocycles. The number of halogens is 3. The van der Waals surface area contributed by atoms with Gasteiger partial charge in [-0.2, -0.15) is 0 Å². The van der Waals surface area contributed by atoms with Gasteiger partial charge < -0.3 is 10.5 Å². The molecule has 3 rings (SSSR count). The summed E-state index contributed by atoms with van der Waals surface area (Å²) in [6.45, 7) is 0.690. The van der Waals surface area contributed by atoms with Crippen molar-refractivity contribution in [2.75, 3.05) is 6.61 Å². The molecular weight excluding hydrogens is 329 g/mol. The van der Waals surface area contributed by atoms with Gasteiger partial charge in [0.2, 0.25) is 0 Å². The van der Waals surface area contributed by atoms with Crippen molar-refractivity contribution in [1.29, 1.82) is 0 Å². The van der Waals surface area contributed by atoms with E-state index >= 15 is 0 Å². The zero-order valence-corrected chi connectivity index (χ0v) is 13.5. The molecule has 0 aliphatic carbocycles. The van der Waals surface area contributed by atoms with Crippen LogP contribution in [0, 0.1) is 0 Å². The molecule has 0 spiro atoms. The number of ether oxygens (including phenoxy) is 1. The Morgan fingerprint density at radius 3 is 2.81 bits per heavy atom. The Morgan fingerprint density at radius 1 is 1.19 bits per heavy atom. The first-order valence-corrected chi connectivity index (χ1v) is 7.83. The number of nitrogens with two attached hydrogens (primary N) is 1. The molecule has 0 radical (unpaired) electrons. The van der Waals surface area contributed by atoms with Gasteiger partial charge in [-0.25, -0.2) is 0 Å². The maximum atomic E-state index is 6.30. The molecule has 0 fully saturated rings. The fraction of sp³-hybridized carbons (Fsp3) is 0.250. The first-order valence-electron chi connectivity index (χ1n) is 6.70. The van der Waals surface area contributed by atoms with Crippen molar-refractivity contribution >= 4 is 34.8 Å². The third-order valence-corrected chi connectivity index (χ3v) is 4.70. The molecule has 0 aromatic heterocycles. The summed E-state index contributed by atoms with van der Waals surface area (Å²) in [6, 6.07) is 9.09. The molecule has 0 bridgehead atoms. The average Bonchev–Trinajstić information content (AvgIpc) is 2.90. The number of benzene rings is 2. The lowest BCUT2D eigenvalue weighted by Crippen LogP contribution is -2.14. The molecule has 21 heavy (non-hydrogen) atoms. The second-order valence-electron chi connectivity index (χ2n) is 5.11. The summed E-state index contributed by atoms with van der Waals surface area (Å²) < 4.78 is 5.70. The van der Waals surface area contributed by atoms with Gasteiger partial charge >= 0.3 is 0 Å². The van der Waals surface area contributed by atoms with Crippen LogP contribution in [0.1, 0.15) is 22.7 Å². The van der Waals surface area contributed by atoms with Gasteiger partial charge in [0.05, 0.1) is 16.7 Å². The van der Waals surface area contributed by atoms with Crippen LogP contribution in [0.4, 0.5) is 0 Å². The van der Waals surface area contributed by atoms with Gasteiger partial charge in [-0.05, 0) is 41.3 Å². The van der Waals surface area contributed by atoms with Crippen molar-refractivity contribution in [3.05, 3.63) is 62.1 Å². The van der Waals surface area contributed by atoms with E-state index in [1.54, 1.807) is 6.07 Å². The number of rotatable bonds is 3. The van der Waals surface area contributed by atoms with E-state index in [0.717, 1.165) is 28.9 Å². The van der Waals surface area contributed by atoms with E-state index in [9.17, 15) is 0 Å². The monoisotopic (exact) mass is 341 g/mol. The number of hydrogen-bond acceptors (Lipinski definition) is 2. The molecule has 1 heterocycles. The minimum atomic E-state index is -0.261. The lowest BCUT2D eigenvalue weighted by Gasteiger charge is -2.16. The minimum absolute atomic E-state index is 0.261. The molecule has 110 valence electrons. The number of fused-ring (bicyclic) bond motifs is 1. The fourth-order valence-corrected chi connectivity index (χ4v) is 3.36. The Hall–Kier alpha value is -0.930. The summed E-state index contributed by atoms with van der Waals surface area (Å²) in [5, 5.41) is 1.72. The van der Waals surface area contributed by atoms with Crippen molar-refractivity contribution in [2.24, 2.45) is 5.73 Å². The van der Waals surface area contributed by atoms with Crippen LogP contribution in [0.15, 0.2) is 30.3 Å². The van der Waals surface area contributed by atoms with E-state index in [0.29, 0.717) is 28.1 Å². The minimum Gasteiger partial charge on any atom is -0.493 e. The third-order valence-electron chi connectivity index (χ3n) is 3.65. The van der Waals surface area contributed by atoms with E-state index in [-0.39, 0.29) is 6.04 Å². The zero-order chi connectivity index (χ0) is 15.0. The van der Waals surface area contributed by atoms with E-state index in [1.807, 2.05) is 24.3 Å². The lowest BCUT2D eigenvalue weighted by atomic mass is 9.97. The van der Waals surface area contributed by atoms with Crippen LogP contribution in [0.25, 0.3) is 0 Å². The van der Waals surface area contributed by atoms with Crippen molar-refractivity contribution in [2.45, 2.75) is 18.9 Å². The highest BCUT2D eigenvalue weighted by atomic mass is 35.5. The highest BCUT2D eigenvalue weighted by molar-refractivity contribution is 6.42. The summed E-state index contributed by atoms with van der Waals surface area (Å²) in [5.41, 5.74) is 9.28. The van der Waals surface area contributed by atoms with Crippen molar-refractivity contribution in [3.63, 3.8) is 0 Å². The largest absolute Gasteiger partial charge is 0.493 e. The lowest BCUT2D eigenvalue weighted by molar-refractivity contribution is 0.352. The van der Waals surface area contributed by atoms with Gasteiger partial charge in [0, 0.05) is 17.5 Å². The molecule has 1 atom stereocenters. The van der Waals surface area contributed by atoms with Gasteiger partial charge in [-0.3, -0.25) is 0 Å². The van der Waals surface area contributed by atoms with Crippen LogP contribution >= 0.6 is 34.8 Å². The van der Waals surface area contributed by atoms with Crippen molar-refractivity contribution in [3.8, 4) is 5.75 Å². The third kappa shape index (κ3) is 3.00. The van der Waals surface area contributed by atoms with E-state index in [1.165, 1.54) is 0 Å². The van der Waals surface area contributed by atoms with Crippen LogP contribution in [0.2, 0.25) is 15.1 Å². The smallest absolute Gasteiger partial charge is 0.125 e. The van der Waals surface area contributed by atoms with Crippen molar-refractivity contribution in [1.82, 2.24) is 0 Å². The van der Waals surface area contributed by atoms with Gasteiger partial charge in [-0.1, -0.05) is 46.9 Å². The van der Waals surface area contributed by atoms with Gasteiger partial charge in [0.15, 0.2) is 0 Å². The summed E-state index contributed by atoms with van der Waals surface area (Å²) in [6.07, 6.45) is 1.49. The Balaban J connectivity index is 1.92. The number of hydrogen-bond donors (Lipinski definition) is 1. The molecule has 2 aromatic rings. The highest BCUT2D eigenvalue weighted by Crippen LogP contribution is 2.36. The molecule has 2 nitrogen and oxygen atoms in total. The maximum Gasteiger partial charge on any atom is 0.125 e. The summed E-state index contributed by atoms with van der Waals surface area (Å²) >= 11 is 18.5. The van der Waals surface area contributed by atoms with Gasteiger partial charge in [-0.15, -0.1) is 0 Å². The van der Waals surface area contributed by atoms with Crippen LogP contribution in [0.3, 0.4) is 0 Å². The Labute approximate surface area is 138 Å². The summed E-state index contributed by atoms with van der Waals surface area (Å²) in [7, 11) is 0. The molecule has 1 unspecified atom stereocenters. The normalized spacial score (nSPS) is 14.7. The molecule has 5 heteroatoms. The van der Waals surface area contributed by atoms with E-state index in [4.69, 9.17) is 45.3 Å². The Kier molecular flexibility index (Phi) is 4.32. The summed E-state index contributed by atoms with van der Waals surface area (Å²) in [4.78, 5) is 0. The molecule has 2 N–H and O–H groups in total. The molecule has 2 aromatic carbocycles. The van der Waals surface area contributed by atoms with E-state index in [2.05, 4.69) is 0 Å². The zero-order valence-electron chi connectivity index (χ0n) is 11.2. The molecule has 0 amide bonds. The first kappa shape index (κ1) is 15.0. The van der Waals surface area contributed by atoms with Gasteiger partial charge in [0.25, 0.3) is 0 Å². The maximum absolute atomic E-state index is 6.30. The van der Waals surface area contributed by atoms with Crippen LogP contribution in [-0.4, -0.2) is 6.61 Å². The van der Waals surface area contributed by atoms with Crippen LogP contribution in [0.5, 0.6) is 5.75 Å². The summed E-state index contributed by atoms with van der Waals surface area (Å²) in [5.74, 6) is 0.910. The fourth-order valence-electron chi connectivity index (χ4n) is 2.65. The second kappa shape index (κ2) is 6.05. The standard InChI is InChI=1S/C16H14Cl3NO/c17-11-6-9-4-5-21-16(9)10(7-11)8-14(20)12-2-1-3-13(18)15(12)19/h1-3,6-7,14H,4-5,8,20H2. The molecule has 1 aliphatic heterocycles. The van der Waals surface area contributed by atoms with Crippen molar-refractivity contribution < 1.29 is 4.74 Å². The topological polar surface area (TPSA) is 35.2 Å². The Morgan fingerprint density at radius 2 is 2.00 bits per heavy atom. The molecule has 0 saturated heterocycles. The van der Waals surface area contributed by atoms with Gasteiger partial charge in [0.1, 0.15) is 5.75 Å². The SMILES string of the molecule is NC(Cc1cc(Cl)cc2c1OCC2)c1cccc(Cl)c1Cl. The Bertz CT molecular complexity index is 687. The second-order valence-corrected chi connectivity index (χ2v) is 6.33. The average molecular weight is 343 g/mol. The van der Waals surface area contributed by atoms with E-state index < -0.39 is 0 Å². The quantitative estimate of drug-likeness (QED) is 0.867. The predicted octanol–water partition coefficient (Wildman–Crippen LogP) is 4.82. The van der Waals surface area contributed by atoms with Crippen LogP contribution in [-0.2, 0) is 12.8 Å². The van der Waals surface area contributed by atoms with Crippen LogP contribution < -0.4 is 10.5 Å². The molecular formula is C16H14Cl3NO. The highest BCUT2D eigenvalue weighted by Gasteiger charge is 2.21. The first-order chi connectivity index (χ1) is 10.1.